The molecule has 0 spiro atoms. The third kappa shape index (κ3) is 3.21. The lowest BCUT2D eigenvalue weighted by Crippen LogP contribution is -2.33. The van der Waals surface area contributed by atoms with Crippen LogP contribution in [0.3, 0.4) is 0 Å². The van der Waals surface area contributed by atoms with Crippen molar-refractivity contribution in [1.82, 2.24) is 4.98 Å². The number of nitrogens with zero attached hydrogens (tertiary/aromatic N) is 7. The zero-order chi connectivity index (χ0) is 16.9. The molecule has 24 heavy (non-hydrogen) atoms. The molecule has 0 unspecified atom stereocenters. The summed E-state index contributed by atoms with van der Waals surface area (Å²) in [7, 11) is 0. The molecule has 2 aliphatic rings. The molecule has 3 heterocycles. The molecule has 3 rings (SSSR count). The second-order valence-corrected chi connectivity index (χ2v) is 6.57. The molecule has 0 bridgehead atoms. The highest BCUT2D eigenvalue weighted by molar-refractivity contribution is 6.36. The molecule has 126 valence electrons. The summed E-state index contributed by atoms with van der Waals surface area (Å²) < 4.78 is 0. The van der Waals surface area contributed by atoms with Gasteiger partial charge in [0, 0.05) is 31.1 Å². The summed E-state index contributed by atoms with van der Waals surface area (Å²) in [6.07, 6.45) is 6.66. The minimum absolute atomic E-state index is 0.166. The third-order valence-electron chi connectivity index (χ3n) is 4.66. The van der Waals surface area contributed by atoms with Gasteiger partial charge >= 0.3 is 0 Å². The molecule has 0 aliphatic carbocycles. The number of halogens is 1. The lowest BCUT2D eigenvalue weighted by atomic mass is 10.1. The Morgan fingerprint density at radius 1 is 1.04 bits per heavy atom. The van der Waals surface area contributed by atoms with Gasteiger partial charge in [-0.15, -0.1) is 0 Å². The standard InChI is InChI=1S/C16H20ClN7/c17-13-14(23-7-3-1-4-8-23)12(11-18)16(20-15(13)21-22-19)24-9-5-2-6-10-24/h1-10H2. The fourth-order valence-electron chi connectivity index (χ4n) is 3.49. The Hall–Kier alpha value is -2.16. The van der Waals surface area contributed by atoms with Gasteiger partial charge < -0.3 is 9.80 Å². The lowest BCUT2D eigenvalue weighted by molar-refractivity contribution is 0.569. The molecule has 0 amide bonds. The molecule has 0 atom stereocenters. The topological polar surface area (TPSA) is 91.9 Å². The minimum Gasteiger partial charge on any atom is -0.369 e. The zero-order valence-electron chi connectivity index (χ0n) is 13.6. The number of nitriles is 1. The van der Waals surface area contributed by atoms with Crippen LogP contribution < -0.4 is 9.80 Å². The normalized spacial score (nSPS) is 18.0. The molecule has 7 nitrogen and oxygen atoms in total. The van der Waals surface area contributed by atoms with Gasteiger partial charge in [-0.25, -0.2) is 4.98 Å². The Balaban J connectivity index is 2.15. The summed E-state index contributed by atoms with van der Waals surface area (Å²) >= 11 is 6.48. The van der Waals surface area contributed by atoms with Gasteiger partial charge in [0.1, 0.15) is 23.3 Å². The smallest absolute Gasteiger partial charge is 0.149 e. The first kappa shape index (κ1) is 16.7. The number of hydrogen-bond donors (Lipinski definition) is 0. The van der Waals surface area contributed by atoms with Gasteiger partial charge in [0.25, 0.3) is 0 Å². The fraction of sp³-hybridized carbons (Fsp3) is 0.625. The highest BCUT2D eigenvalue weighted by atomic mass is 35.5. The largest absolute Gasteiger partial charge is 0.369 e. The third-order valence-corrected chi connectivity index (χ3v) is 5.00. The van der Waals surface area contributed by atoms with Crippen LogP contribution in [0.4, 0.5) is 17.3 Å². The maximum absolute atomic E-state index is 9.80. The van der Waals surface area contributed by atoms with Crippen LogP contribution in [0.15, 0.2) is 5.11 Å². The van der Waals surface area contributed by atoms with Crippen molar-refractivity contribution in [3.05, 3.63) is 21.0 Å². The highest BCUT2D eigenvalue weighted by Gasteiger charge is 2.27. The molecule has 0 aromatic carbocycles. The van der Waals surface area contributed by atoms with Gasteiger partial charge in [-0.05, 0) is 49.2 Å². The predicted octanol–water partition coefficient (Wildman–Crippen LogP) is 4.53. The molecular formula is C16H20ClN7. The lowest BCUT2D eigenvalue weighted by Gasteiger charge is -2.34. The van der Waals surface area contributed by atoms with E-state index >= 15 is 0 Å². The number of hydrogen-bond acceptors (Lipinski definition) is 5. The van der Waals surface area contributed by atoms with Gasteiger partial charge in [-0.2, -0.15) is 5.26 Å². The second-order valence-electron chi connectivity index (χ2n) is 6.19. The summed E-state index contributed by atoms with van der Waals surface area (Å²) in [5.41, 5.74) is 10.0. The number of piperidine rings is 2. The van der Waals surface area contributed by atoms with Gasteiger partial charge in [-0.3, -0.25) is 0 Å². The van der Waals surface area contributed by atoms with E-state index in [2.05, 4.69) is 30.9 Å². The van der Waals surface area contributed by atoms with Crippen molar-refractivity contribution in [2.45, 2.75) is 38.5 Å². The minimum atomic E-state index is 0.166. The number of azide groups is 1. The Morgan fingerprint density at radius 3 is 2.17 bits per heavy atom. The molecule has 0 N–H and O–H groups in total. The first-order valence-corrected chi connectivity index (χ1v) is 8.82. The van der Waals surface area contributed by atoms with Crippen LogP contribution in [0.5, 0.6) is 0 Å². The van der Waals surface area contributed by atoms with Crippen molar-refractivity contribution in [3.63, 3.8) is 0 Å². The summed E-state index contributed by atoms with van der Waals surface area (Å²) in [4.78, 5) is 11.5. The summed E-state index contributed by atoms with van der Waals surface area (Å²) in [5.74, 6) is 0.767. The molecule has 2 saturated heterocycles. The van der Waals surface area contributed by atoms with Gasteiger partial charge in [-0.1, -0.05) is 11.6 Å². The fourth-order valence-corrected chi connectivity index (χ4v) is 3.78. The Labute approximate surface area is 146 Å². The van der Waals surface area contributed by atoms with E-state index in [9.17, 15) is 5.26 Å². The molecular weight excluding hydrogens is 326 g/mol. The van der Waals surface area contributed by atoms with E-state index in [1.165, 1.54) is 12.8 Å². The molecule has 1 aromatic rings. The van der Waals surface area contributed by atoms with Crippen molar-refractivity contribution in [3.8, 4) is 6.07 Å². The van der Waals surface area contributed by atoms with Crippen LogP contribution in [0.1, 0.15) is 44.1 Å². The first-order valence-electron chi connectivity index (χ1n) is 8.45. The predicted molar refractivity (Wildman–Crippen MR) is 94.9 cm³/mol. The van der Waals surface area contributed by atoms with Gasteiger partial charge in [0.05, 0.1) is 10.7 Å². The Bertz CT molecular complexity index is 693. The molecule has 1 aromatic heterocycles. The SMILES string of the molecule is N#Cc1c(N2CCCCC2)nc(N=[N+]=[N-])c(Cl)c1N1CCCCC1. The van der Waals surface area contributed by atoms with Crippen molar-refractivity contribution in [2.24, 2.45) is 5.11 Å². The maximum atomic E-state index is 9.80. The average molecular weight is 346 g/mol. The number of pyridine rings is 1. The molecule has 2 fully saturated rings. The van der Waals surface area contributed by atoms with Crippen LogP contribution in [0, 0.1) is 11.3 Å². The van der Waals surface area contributed by atoms with E-state index in [4.69, 9.17) is 17.1 Å². The van der Waals surface area contributed by atoms with Crippen LogP contribution in [0.25, 0.3) is 10.4 Å². The Kier molecular flexibility index (Phi) is 5.29. The zero-order valence-corrected chi connectivity index (χ0v) is 14.3. The van der Waals surface area contributed by atoms with Crippen molar-refractivity contribution < 1.29 is 0 Å². The van der Waals surface area contributed by atoms with E-state index < -0.39 is 0 Å². The quantitative estimate of drug-likeness (QED) is 0.457. The van der Waals surface area contributed by atoms with E-state index in [1.54, 1.807) is 0 Å². The van der Waals surface area contributed by atoms with E-state index in [1.807, 2.05) is 0 Å². The van der Waals surface area contributed by atoms with Crippen molar-refractivity contribution >= 4 is 28.9 Å². The highest BCUT2D eigenvalue weighted by Crippen LogP contribution is 2.42. The molecule has 2 aliphatic heterocycles. The van der Waals surface area contributed by atoms with Crippen LogP contribution in [-0.2, 0) is 0 Å². The van der Waals surface area contributed by atoms with E-state index in [-0.39, 0.29) is 10.8 Å². The number of anilines is 2. The van der Waals surface area contributed by atoms with E-state index in [0.29, 0.717) is 17.1 Å². The maximum Gasteiger partial charge on any atom is 0.149 e. The summed E-state index contributed by atoms with van der Waals surface area (Å²) in [6, 6.07) is 2.30. The first-order chi connectivity index (χ1) is 11.8. The van der Waals surface area contributed by atoms with E-state index in [0.717, 1.165) is 51.9 Å². The van der Waals surface area contributed by atoms with Crippen molar-refractivity contribution in [2.75, 3.05) is 36.0 Å². The van der Waals surface area contributed by atoms with Crippen LogP contribution in [0.2, 0.25) is 5.02 Å². The second kappa shape index (κ2) is 7.61. The molecule has 0 radical (unpaired) electrons. The summed E-state index contributed by atoms with van der Waals surface area (Å²) in [6.45, 7) is 3.43. The van der Waals surface area contributed by atoms with Gasteiger partial charge in [0.15, 0.2) is 0 Å². The molecule has 8 heteroatoms. The average Bonchev–Trinajstić information content (AvgIpc) is 2.64. The number of rotatable bonds is 3. The monoisotopic (exact) mass is 345 g/mol. The Morgan fingerprint density at radius 2 is 1.62 bits per heavy atom. The molecule has 0 saturated carbocycles. The van der Waals surface area contributed by atoms with Gasteiger partial charge in [0.2, 0.25) is 0 Å². The number of aromatic nitrogens is 1. The van der Waals surface area contributed by atoms with Crippen molar-refractivity contribution in [1.29, 1.82) is 5.26 Å². The van der Waals surface area contributed by atoms with Crippen LogP contribution in [-0.4, -0.2) is 31.2 Å². The summed E-state index contributed by atoms with van der Waals surface area (Å²) in [5, 5.41) is 13.8. The van der Waals surface area contributed by atoms with Crippen LogP contribution >= 0.6 is 11.6 Å².